The monoisotopic (exact) mass is 293 g/mol. The largest absolute Gasteiger partial charge is 0.493 e. The van der Waals surface area contributed by atoms with Crippen molar-refractivity contribution in [3.8, 4) is 11.5 Å². The maximum Gasteiger partial charge on any atom is 0.262 e. The zero-order chi connectivity index (χ0) is 14.6. The Morgan fingerprint density at radius 1 is 0.900 bits per heavy atom. The fourth-order valence-electron chi connectivity index (χ4n) is 1.77. The quantitative estimate of drug-likeness (QED) is 0.920. The van der Waals surface area contributed by atoms with E-state index in [1.54, 1.807) is 36.4 Å². The summed E-state index contributed by atoms with van der Waals surface area (Å²) in [6.45, 7) is 0. The number of para-hydroxylation sites is 1. The molecule has 2 aromatic carbocycles. The second-order valence-electron chi connectivity index (χ2n) is 3.96. The molecule has 0 spiro atoms. The van der Waals surface area contributed by atoms with Crippen LogP contribution < -0.4 is 14.2 Å². The molecule has 0 aliphatic carbocycles. The molecule has 0 unspecified atom stereocenters. The molecule has 0 aliphatic heterocycles. The van der Waals surface area contributed by atoms with Crippen LogP contribution in [-0.4, -0.2) is 22.6 Å². The lowest BCUT2D eigenvalue weighted by Gasteiger charge is -2.14. The average Bonchev–Trinajstić information content (AvgIpc) is 2.47. The van der Waals surface area contributed by atoms with Crippen LogP contribution >= 0.6 is 0 Å². The molecule has 0 aromatic heterocycles. The maximum atomic E-state index is 12.3. The summed E-state index contributed by atoms with van der Waals surface area (Å²) in [6, 6.07) is 13.1. The van der Waals surface area contributed by atoms with Gasteiger partial charge in [-0.3, -0.25) is 4.72 Å². The molecule has 1 N–H and O–H groups in total. The Morgan fingerprint density at radius 2 is 1.60 bits per heavy atom. The van der Waals surface area contributed by atoms with Crippen molar-refractivity contribution < 1.29 is 17.9 Å². The molecule has 0 heterocycles. The molecule has 6 heteroatoms. The molecular formula is C14H15NO4S. The van der Waals surface area contributed by atoms with Crippen molar-refractivity contribution in [2.75, 3.05) is 18.9 Å². The van der Waals surface area contributed by atoms with E-state index in [0.29, 0.717) is 17.2 Å². The van der Waals surface area contributed by atoms with E-state index in [-0.39, 0.29) is 4.90 Å². The third kappa shape index (κ3) is 2.85. The van der Waals surface area contributed by atoms with Gasteiger partial charge in [0.1, 0.15) is 0 Å². The van der Waals surface area contributed by atoms with E-state index in [0.717, 1.165) is 0 Å². The van der Waals surface area contributed by atoms with Gasteiger partial charge in [0.15, 0.2) is 11.5 Å². The van der Waals surface area contributed by atoms with Crippen molar-refractivity contribution in [3.63, 3.8) is 0 Å². The molecule has 0 amide bonds. The van der Waals surface area contributed by atoms with Crippen molar-refractivity contribution in [2.24, 2.45) is 0 Å². The van der Waals surface area contributed by atoms with Gasteiger partial charge < -0.3 is 9.47 Å². The van der Waals surface area contributed by atoms with Crippen molar-refractivity contribution in [1.82, 2.24) is 0 Å². The third-order valence-corrected chi connectivity index (χ3v) is 4.08. The fraction of sp³-hybridized carbons (Fsp3) is 0.143. The highest BCUT2D eigenvalue weighted by Gasteiger charge is 2.17. The van der Waals surface area contributed by atoms with Gasteiger partial charge in [0.05, 0.1) is 24.8 Å². The molecular weight excluding hydrogens is 278 g/mol. The van der Waals surface area contributed by atoms with Gasteiger partial charge in [-0.25, -0.2) is 8.42 Å². The summed E-state index contributed by atoms with van der Waals surface area (Å²) in [5.74, 6) is 0.801. The Kier molecular flexibility index (Phi) is 4.14. The maximum absolute atomic E-state index is 12.3. The second kappa shape index (κ2) is 5.83. The van der Waals surface area contributed by atoms with Gasteiger partial charge in [-0.1, -0.05) is 24.3 Å². The molecule has 5 nitrogen and oxygen atoms in total. The lowest BCUT2D eigenvalue weighted by molar-refractivity contribution is 0.356. The van der Waals surface area contributed by atoms with Crippen molar-refractivity contribution in [1.29, 1.82) is 0 Å². The highest BCUT2D eigenvalue weighted by atomic mass is 32.2. The van der Waals surface area contributed by atoms with Crippen LogP contribution in [0.1, 0.15) is 0 Å². The Bertz CT molecular complexity index is 684. The minimum atomic E-state index is -3.66. The Morgan fingerprint density at radius 3 is 2.20 bits per heavy atom. The van der Waals surface area contributed by atoms with Crippen LogP contribution in [0.3, 0.4) is 0 Å². The summed E-state index contributed by atoms with van der Waals surface area (Å²) >= 11 is 0. The van der Waals surface area contributed by atoms with Gasteiger partial charge >= 0.3 is 0 Å². The van der Waals surface area contributed by atoms with E-state index in [1.807, 2.05) is 0 Å². The van der Waals surface area contributed by atoms with Crippen LogP contribution in [0.2, 0.25) is 0 Å². The van der Waals surface area contributed by atoms with E-state index in [4.69, 9.17) is 9.47 Å². The number of rotatable bonds is 5. The average molecular weight is 293 g/mol. The predicted molar refractivity (Wildman–Crippen MR) is 76.8 cm³/mol. The highest BCUT2D eigenvalue weighted by molar-refractivity contribution is 7.92. The number of nitrogens with one attached hydrogen (secondary N) is 1. The number of hydrogen-bond acceptors (Lipinski definition) is 4. The summed E-state index contributed by atoms with van der Waals surface area (Å²) in [7, 11) is -0.707. The Balaban J connectivity index is 2.40. The normalized spacial score (nSPS) is 10.9. The number of ether oxygens (including phenoxy) is 2. The molecule has 0 bridgehead atoms. The predicted octanol–water partition coefficient (Wildman–Crippen LogP) is 2.50. The fourth-order valence-corrected chi connectivity index (χ4v) is 2.85. The van der Waals surface area contributed by atoms with E-state index in [2.05, 4.69) is 4.72 Å². The third-order valence-electron chi connectivity index (χ3n) is 2.70. The van der Waals surface area contributed by atoms with Gasteiger partial charge in [-0.15, -0.1) is 0 Å². The Labute approximate surface area is 118 Å². The molecule has 20 heavy (non-hydrogen) atoms. The second-order valence-corrected chi connectivity index (χ2v) is 5.64. The summed E-state index contributed by atoms with van der Waals surface area (Å²) in [5.41, 5.74) is 0.329. The van der Waals surface area contributed by atoms with Crippen LogP contribution in [0.15, 0.2) is 53.4 Å². The summed E-state index contributed by atoms with van der Waals surface area (Å²) < 4.78 is 37.4. The molecule has 2 rings (SSSR count). The standard InChI is InChI=1S/C14H15NO4S/c1-18-13-10-6-9-12(14(13)19-2)15-20(16,17)11-7-4-3-5-8-11/h3-10,15H,1-2H3. The lowest BCUT2D eigenvalue weighted by atomic mass is 10.3. The van der Waals surface area contributed by atoms with Crippen LogP contribution in [0, 0.1) is 0 Å². The first-order valence-corrected chi connectivity index (χ1v) is 7.35. The molecule has 0 aliphatic rings. The molecule has 106 valence electrons. The lowest BCUT2D eigenvalue weighted by Crippen LogP contribution is -2.13. The SMILES string of the molecule is COc1cccc(NS(=O)(=O)c2ccccc2)c1OC. The van der Waals surface area contributed by atoms with Gasteiger partial charge in [-0.2, -0.15) is 0 Å². The minimum absolute atomic E-state index is 0.185. The smallest absolute Gasteiger partial charge is 0.262 e. The van der Waals surface area contributed by atoms with E-state index < -0.39 is 10.0 Å². The number of benzene rings is 2. The van der Waals surface area contributed by atoms with Crippen LogP contribution in [0.4, 0.5) is 5.69 Å². The number of methoxy groups -OCH3 is 2. The Hall–Kier alpha value is -2.21. The van der Waals surface area contributed by atoms with Crippen LogP contribution in [0.25, 0.3) is 0 Å². The van der Waals surface area contributed by atoms with E-state index >= 15 is 0 Å². The minimum Gasteiger partial charge on any atom is -0.493 e. The topological polar surface area (TPSA) is 64.6 Å². The van der Waals surface area contributed by atoms with Gasteiger partial charge in [0.2, 0.25) is 0 Å². The molecule has 0 fully saturated rings. The van der Waals surface area contributed by atoms with Crippen molar-refractivity contribution in [2.45, 2.75) is 4.90 Å². The zero-order valence-corrected chi connectivity index (χ0v) is 12.0. The number of sulfonamides is 1. The van der Waals surface area contributed by atoms with Crippen molar-refractivity contribution >= 4 is 15.7 Å². The van der Waals surface area contributed by atoms with Gasteiger partial charge in [0, 0.05) is 0 Å². The molecule has 0 radical (unpaired) electrons. The molecule has 2 aromatic rings. The molecule has 0 saturated carbocycles. The summed E-state index contributed by atoms with van der Waals surface area (Å²) in [4.78, 5) is 0.185. The van der Waals surface area contributed by atoms with E-state index in [1.165, 1.54) is 26.4 Å². The summed E-state index contributed by atoms with van der Waals surface area (Å²) in [5, 5.41) is 0. The van der Waals surface area contributed by atoms with Gasteiger partial charge in [-0.05, 0) is 24.3 Å². The van der Waals surface area contributed by atoms with Crippen molar-refractivity contribution in [3.05, 3.63) is 48.5 Å². The first-order chi connectivity index (χ1) is 9.58. The first kappa shape index (κ1) is 14.2. The molecule has 0 saturated heterocycles. The van der Waals surface area contributed by atoms with E-state index in [9.17, 15) is 8.42 Å². The number of anilines is 1. The number of hydrogen-bond donors (Lipinski definition) is 1. The summed E-state index contributed by atoms with van der Waals surface area (Å²) in [6.07, 6.45) is 0. The van der Waals surface area contributed by atoms with Crippen LogP contribution in [0.5, 0.6) is 11.5 Å². The zero-order valence-electron chi connectivity index (χ0n) is 11.2. The van der Waals surface area contributed by atoms with Crippen LogP contribution in [-0.2, 0) is 10.0 Å². The first-order valence-electron chi connectivity index (χ1n) is 5.87. The highest BCUT2D eigenvalue weighted by Crippen LogP contribution is 2.35. The molecule has 0 atom stereocenters. The van der Waals surface area contributed by atoms with Gasteiger partial charge in [0.25, 0.3) is 10.0 Å².